The zero-order valence-electron chi connectivity index (χ0n) is 6.50. The molecular formula is C9H10INO. The highest BCUT2D eigenvalue weighted by Crippen LogP contribution is 2.27. The molecule has 0 aliphatic rings. The summed E-state index contributed by atoms with van der Waals surface area (Å²) in [6.45, 7) is 3.57. The molecule has 0 unspecified atom stereocenters. The van der Waals surface area contributed by atoms with Crippen LogP contribution in [0.15, 0.2) is 30.9 Å². The highest BCUT2D eigenvalue weighted by Gasteiger charge is 2.08. The number of hydrogen-bond donors (Lipinski definition) is 2. The van der Waals surface area contributed by atoms with Crippen molar-refractivity contribution in [2.75, 3.05) is 0 Å². The van der Waals surface area contributed by atoms with Gasteiger partial charge < -0.3 is 10.8 Å². The van der Waals surface area contributed by atoms with Crippen LogP contribution in [-0.2, 0) is 0 Å². The van der Waals surface area contributed by atoms with Gasteiger partial charge in [-0.15, -0.1) is 6.58 Å². The minimum Gasteiger partial charge on any atom is -0.506 e. The lowest BCUT2D eigenvalue weighted by Gasteiger charge is -2.09. The summed E-state index contributed by atoms with van der Waals surface area (Å²) in [6, 6.07) is 5.19. The first-order valence-electron chi connectivity index (χ1n) is 3.52. The van der Waals surface area contributed by atoms with E-state index in [-0.39, 0.29) is 11.8 Å². The van der Waals surface area contributed by atoms with Crippen LogP contribution >= 0.6 is 22.6 Å². The van der Waals surface area contributed by atoms with E-state index in [2.05, 4.69) is 29.2 Å². The molecule has 1 rings (SSSR count). The van der Waals surface area contributed by atoms with Crippen molar-refractivity contribution >= 4 is 22.6 Å². The van der Waals surface area contributed by atoms with E-state index in [0.29, 0.717) is 0 Å². The van der Waals surface area contributed by atoms with E-state index in [1.54, 1.807) is 12.1 Å². The van der Waals surface area contributed by atoms with E-state index in [1.807, 2.05) is 12.1 Å². The van der Waals surface area contributed by atoms with Crippen LogP contribution in [0.5, 0.6) is 5.75 Å². The van der Waals surface area contributed by atoms with Gasteiger partial charge in [-0.1, -0.05) is 18.2 Å². The molecule has 12 heavy (non-hydrogen) atoms. The van der Waals surface area contributed by atoms with Crippen LogP contribution in [-0.4, -0.2) is 5.11 Å². The third-order valence-electron chi connectivity index (χ3n) is 1.63. The Balaban J connectivity index is 3.15. The molecule has 0 aliphatic carbocycles. The Morgan fingerprint density at radius 2 is 2.25 bits per heavy atom. The molecule has 0 saturated carbocycles. The Morgan fingerprint density at radius 3 is 2.83 bits per heavy atom. The molecule has 0 fully saturated rings. The van der Waals surface area contributed by atoms with Crippen molar-refractivity contribution in [2.45, 2.75) is 6.04 Å². The number of phenols is 1. The van der Waals surface area contributed by atoms with E-state index in [1.165, 1.54) is 0 Å². The zero-order valence-corrected chi connectivity index (χ0v) is 8.65. The highest BCUT2D eigenvalue weighted by molar-refractivity contribution is 14.1. The van der Waals surface area contributed by atoms with E-state index in [0.717, 1.165) is 9.13 Å². The number of benzene rings is 1. The molecule has 0 radical (unpaired) electrons. The normalized spacial score (nSPS) is 12.5. The largest absolute Gasteiger partial charge is 0.506 e. The Morgan fingerprint density at radius 1 is 1.58 bits per heavy atom. The maximum atomic E-state index is 9.56. The third-order valence-corrected chi connectivity index (χ3v) is 2.50. The molecule has 0 saturated heterocycles. The van der Waals surface area contributed by atoms with E-state index in [4.69, 9.17) is 5.73 Å². The summed E-state index contributed by atoms with van der Waals surface area (Å²) in [4.78, 5) is 0. The predicted molar refractivity (Wildman–Crippen MR) is 57.9 cm³/mol. The molecule has 0 bridgehead atoms. The van der Waals surface area contributed by atoms with Crippen molar-refractivity contribution in [2.24, 2.45) is 5.73 Å². The van der Waals surface area contributed by atoms with Crippen molar-refractivity contribution in [3.05, 3.63) is 40.0 Å². The molecule has 3 N–H and O–H groups in total. The average molecular weight is 275 g/mol. The number of aromatic hydroxyl groups is 1. The van der Waals surface area contributed by atoms with Gasteiger partial charge in [-0.25, -0.2) is 0 Å². The molecule has 3 heteroatoms. The maximum Gasteiger partial charge on any atom is 0.133 e. The monoisotopic (exact) mass is 275 g/mol. The molecule has 1 aromatic carbocycles. The number of rotatable bonds is 2. The maximum absolute atomic E-state index is 9.56. The standard InChI is InChI=1S/C9H10INO/c1-2-8(11)6-4-3-5-7(10)9(6)12/h2-5,8,12H,1,11H2/t8-/m0/s1. The number of hydrogen-bond acceptors (Lipinski definition) is 2. The van der Waals surface area contributed by atoms with Crippen LogP contribution in [0.25, 0.3) is 0 Å². The van der Waals surface area contributed by atoms with Crippen LogP contribution in [0.2, 0.25) is 0 Å². The second-order valence-electron chi connectivity index (χ2n) is 2.44. The molecule has 0 amide bonds. The topological polar surface area (TPSA) is 46.2 Å². The number of halogens is 1. The van der Waals surface area contributed by atoms with Gasteiger partial charge in [0.2, 0.25) is 0 Å². The summed E-state index contributed by atoms with van der Waals surface area (Å²) in [6.07, 6.45) is 1.60. The Labute approximate surface area is 85.2 Å². The Bertz CT molecular complexity index is 299. The lowest BCUT2D eigenvalue weighted by atomic mass is 10.1. The molecule has 1 atom stereocenters. The van der Waals surface area contributed by atoms with Crippen molar-refractivity contribution < 1.29 is 5.11 Å². The van der Waals surface area contributed by atoms with Gasteiger partial charge in [0.25, 0.3) is 0 Å². The lowest BCUT2D eigenvalue weighted by Crippen LogP contribution is -2.06. The fourth-order valence-electron chi connectivity index (χ4n) is 0.928. The first-order valence-corrected chi connectivity index (χ1v) is 4.60. The molecule has 64 valence electrons. The van der Waals surface area contributed by atoms with Crippen LogP contribution in [0.3, 0.4) is 0 Å². The Hall–Kier alpha value is -0.550. The fraction of sp³-hybridized carbons (Fsp3) is 0.111. The summed E-state index contributed by atoms with van der Waals surface area (Å²) >= 11 is 2.06. The first-order chi connectivity index (χ1) is 5.66. The van der Waals surface area contributed by atoms with Crippen LogP contribution in [0, 0.1) is 3.57 Å². The third kappa shape index (κ3) is 1.78. The van der Waals surface area contributed by atoms with Crippen molar-refractivity contribution in [1.82, 2.24) is 0 Å². The van der Waals surface area contributed by atoms with Gasteiger partial charge in [-0.2, -0.15) is 0 Å². The minimum absolute atomic E-state index is 0.255. The van der Waals surface area contributed by atoms with Crippen molar-refractivity contribution in [3.8, 4) is 5.75 Å². The summed E-state index contributed by atoms with van der Waals surface area (Å²) in [5, 5.41) is 9.56. The van der Waals surface area contributed by atoms with Crippen molar-refractivity contribution in [1.29, 1.82) is 0 Å². The van der Waals surface area contributed by atoms with Gasteiger partial charge in [-0.3, -0.25) is 0 Å². The van der Waals surface area contributed by atoms with Gasteiger partial charge in [-0.05, 0) is 28.7 Å². The SMILES string of the molecule is C=C[C@H](N)c1cccc(I)c1O. The van der Waals surface area contributed by atoms with Crippen LogP contribution in [0.1, 0.15) is 11.6 Å². The molecule has 1 aromatic rings. The number of para-hydroxylation sites is 1. The fourth-order valence-corrected chi connectivity index (χ4v) is 1.45. The summed E-state index contributed by atoms with van der Waals surface area (Å²) in [5.41, 5.74) is 6.40. The minimum atomic E-state index is -0.292. The number of phenolic OH excluding ortho intramolecular Hbond substituents is 1. The van der Waals surface area contributed by atoms with Crippen LogP contribution in [0.4, 0.5) is 0 Å². The Kier molecular flexibility index (Phi) is 3.11. The average Bonchev–Trinajstić information content (AvgIpc) is 2.08. The zero-order chi connectivity index (χ0) is 9.14. The summed E-state index contributed by atoms with van der Waals surface area (Å²) in [5.74, 6) is 0.255. The second-order valence-corrected chi connectivity index (χ2v) is 3.60. The first kappa shape index (κ1) is 9.54. The van der Waals surface area contributed by atoms with E-state index in [9.17, 15) is 5.11 Å². The highest BCUT2D eigenvalue weighted by atomic mass is 127. The van der Waals surface area contributed by atoms with Gasteiger partial charge in [0.1, 0.15) is 5.75 Å². The molecule has 0 spiro atoms. The second kappa shape index (κ2) is 3.91. The molecular weight excluding hydrogens is 265 g/mol. The van der Waals surface area contributed by atoms with Gasteiger partial charge in [0, 0.05) is 5.56 Å². The number of nitrogens with two attached hydrogens (primary N) is 1. The molecule has 0 aromatic heterocycles. The molecule has 0 aliphatic heterocycles. The van der Waals surface area contributed by atoms with E-state index < -0.39 is 0 Å². The summed E-state index contributed by atoms with van der Waals surface area (Å²) in [7, 11) is 0. The van der Waals surface area contributed by atoms with Gasteiger partial charge >= 0.3 is 0 Å². The smallest absolute Gasteiger partial charge is 0.133 e. The molecule has 0 heterocycles. The van der Waals surface area contributed by atoms with Gasteiger partial charge in [0.05, 0.1) is 9.61 Å². The van der Waals surface area contributed by atoms with E-state index >= 15 is 0 Å². The lowest BCUT2D eigenvalue weighted by molar-refractivity contribution is 0.462. The van der Waals surface area contributed by atoms with Gasteiger partial charge in [0.15, 0.2) is 0 Å². The predicted octanol–water partition coefficient (Wildman–Crippen LogP) is 2.18. The quantitative estimate of drug-likeness (QED) is 0.642. The molecule has 2 nitrogen and oxygen atoms in total. The van der Waals surface area contributed by atoms with Crippen LogP contribution < -0.4 is 5.73 Å². The van der Waals surface area contributed by atoms with Crippen molar-refractivity contribution in [3.63, 3.8) is 0 Å². The summed E-state index contributed by atoms with van der Waals surface area (Å²) < 4.78 is 0.808.